The van der Waals surface area contributed by atoms with Gasteiger partial charge in [-0.25, -0.2) is 9.37 Å². The largest absolute Gasteiger partial charge is 0.490 e. The third-order valence-electron chi connectivity index (χ3n) is 4.68. The Morgan fingerprint density at radius 2 is 1.87 bits per heavy atom. The maximum Gasteiger partial charge on any atom is 0.161 e. The number of rotatable bonds is 7. The molecule has 0 aliphatic carbocycles. The Bertz CT molecular complexity index is 1250. The summed E-state index contributed by atoms with van der Waals surface area (Å²) in [6, 6.07) is 21.7. The predicted molar refractivity (Wildman–Crippen MR) is 118 cm³/mol. The fraction of sp³-hybridized carbons (Fsp3) is 0.120. The monoisotopic (exact) mass is 413 g/mol. The summed E-state index contributed by atoms with van der Waals surface area (Å²) < 4.78 is 25.4. The first kappa shape index (κ1) is 20.2. The number of hydrogen-bond acceptors (Lipinski definition) is 4. The standard InChI is InChI=1S/C25H20FN3O2/c1-2-30-24-14-17(11-12-23(24)31-16-18-7-3-4-8-20(18)26)13-19(15-27)25-28-21-9-5-6-10-22(21)29-25/h3-14H,2,16H2,1H3,(H,28,29). The van der Waals surface area contributed by atoms with E-state index < -0.39 is 0 Å². The van der Waals surface area contributed by atoms with Crippen molar-refractivity contribution in [1.29, 1.82) is 5.26 Å². The quantitative estimate of drug-likeness (QED) is 0.392. The highest BCUT2D eigenvalue weighted by molar-refractivity contribution is 5.90. The molecule has 0 aliphatic heterocycles. The Morgan fingerprint density at radius 3 is 2.65 bits per heavy atom. The predicted octanol–water partition coefficient (Wildman–Crippen LogP) is 5.74. The number of nitriles is 1. The number of aromatic nitrogens is 2. The smallest absolute Gasteiger partial charge is 0.161 e. The van der Waals surface area contributed by atoms with Crippen LogP contribution in [0.2, 0.25) is 0 Å². The molecule has 5 nitrogen and oxygen atoms in total. The maximum atomic E-state index is 13.9. The van der Waals surface area contributed by atoms with Crippen LogP contribution in [0.15, 0.2) is 66.7 Å². The highest BCUT2D eigenvalue weighted by Gasteiger charge is 2.11. The van der Waals surface area contributed by atoms with Gasteiger partial charge in [0.15, 0.2) is 11.5 Å². The molecule has 0 fully saturated rings. The van der Waals surface area contributed by atoms with Gasteiger partial charge in [0.1, 0.15) is 24.3 Å². The topological polar surface area (TPSA) is 70.9 Å². The first-order chi connectivity index (χ1) is 15.2. The summed E-state index contributed by atoms with van der Waals surface area (Å²) in [5, 5.41) is 9.66. The lowest BCUT2D eigenvalue weighted by molar-refractivity contribution is 0.266. The molecule has 0 bridgehead atoms. The van der Waals surface area contributed by atoms with E-state index >= 15 is 0 Å². The Morgan fingerprint density at radius 1 is 1.06 bits per heavy atom. The van der Waals surface area contributed by atoms with Crippen LogP contribution in [-0.2, 0) is 6.61 Å². The molecule has 0 spiro atoms. The van der Waals surface area contributed by atoms with Crippen molar-refractivity contribution in [3.8, 4) is 17.6 Å². The fourth-order valence-corrected chi connectivity index (χ4v) is 3.17. The second kappa shape index (κ2) is 9.14. The van der Waals surface area contributed by atoms with Gasteiger partial charge in [-0.15, -0.1) is 0 Å². The van der Waals surface area contributed by atoms with Gasteiger partial charge in [0.2, 0.25) is 0 Å². The summed E-state index contributed by atoms with van der Waals surface area (Å²) >= 11 is 0. The third-order valence-corrected chi connectivity index (χ3v) is 4.68. The van der Waals surface area contributed by atoms with Crippen LogP contribution in [0.3, 0.4) is 0 Å². The second-order valence-corrected chi connectivity index (χ2v) is 6.79. The van der Waals surface area contributed by atoms with E-state index in [1.807, 2.05) is 37.3 Å². The molecule has 6 heteroatoms. The van der Waals surface area contributed by atoms with Crippen molar-refractivity contribution in [2.45, 2.75) is 13.5 Å². The van der Waals surface area contributed by atoms with Crippen molar-refractivity contribution >= 4 is 22.7 Å². The average Bonchev–Trinajstić information content (AvgIpc) is 3.22. The van der Waals surface area contributed by atoms with Crippen LogP contribution in [0.5, 0.6) is 11.5 Å². The van der Waals surface area contributed by atoms with Gasteiger partial charge in [-0.3, -0.25) is 0 Å². The van der Waals surface area contributed by atoms with Crippen LogP contribution in [-0.4, -0.2) is 16.6 Å². The molecule has 1 N–H and O–H groups in total. The number of H-pyrrole nitrogens is 1. The molecular formula is C25H20FN3O2. The number of allylic oxidation sites excluding steroid dienone is 1. The van der Waals surface area contributed by atoms with Crippen LogP contribution in [0.25, 0.3) is 22.7 Å². The Kier molecular flexibility index (Phi) is 5.95. The fourth-order valence-electron chi connectivity index (χ4n) is 3.17. The van der Waals surface area contributed by atoms with Gasteiger partial charge in [-0.2, -0.15) is 5.26 Å². The minimum absolute atomic E-state index is 0.0877. The number of para-hydroxylation sites is 2. The second-order valence-electron chi connectivity index (χ2n) is 6.79. The summed E-state index contributed by atoms with van der Waals surface area (Å²) in [4.78, 5) is 7.66. The molecule has 154 valence electrons. The van der Waals surface area contributed by atoms with Crippen molar-refractivity contribution in [2.75, 3.05) is 6.61 Å². The van der Waals surface area contributed by atoms with Crippen molar-refractivity contribution in [2.24, 2.45) is 0 Å². The minimum Gasteiger partial charge on any atom is -0.490 e. The van der Waals surface area contributed by atoms with Crippen LogP contribution in [0, 0.1) is 17.1 Å². The Hall–Kier alpha value is -4.11. The van der Waals surface area contributed by atoms with Gasteiger partial charge < -0.3 is 14.5 Å². The van der Waals surface area contributed by atoms with E-state index in [4.69, 9.17) is 9.47 Å². The van der Waals surface area contributed by atoms with E-state index in [0.717, 1.165) is 16.6 Å². The van der Waals surface area contributed by atoms with Crippen LogP contribution < -0.4 is 9.47 Å². The molecule has 0 unspecified atom stereocenters. The summed E-state index contributed by atoms with van der Waals surface area (Å²) in [5.74, 6) is 1.21. The van der Waals surface area contributed by atoms with Gasteiger partial charge in [0.05, 0.1) is 23.2 Å². The molecule has 4 aromatic rings. The first-order valence-electron chi connectivity index (χ1n) is 9.88. The number of aromatic amines is 1. The van der Waals surface area contributed by atoms with E-state index in [0.29, 0.717) is 35.1 Å². The Labute approximate surface area is 179 Å². The average molecular weight is 413 g/mol. The number of ether oxygens (including phenoxy) is 2. The lowest BCUT2D eigenvalue weighted by atomic mass is 10.1. The van der Waals surface area contributed by atoms with E-state index in [1.54, 1.807) is 36.4 Å². The van der Waals surface area contributed by atoms with Gasteiger partial charge in [-0.05, 0) is 48.9 Å². The first-order valence-corrected chi connectivity index (χ1v) is 9.88. The number of fused-ring (bicyclic) bond motifs is 1. The van der Waals surface area contributed by atoms with Crippen molar-refractivity contribution in [1.82, 2.24) is 9.97 Å². The van der Waals surface area contributed by atoms with Crippen molar-refractivity contribution in [3.05, 3.63) is 89.5 Å². The molecule has 0 radical (unpaired) electrons. The summed E-state index contributed by atoms with van der Waals surface area (Å²) in [6.07, 6.45) is 1.74. The molecule has 0 saturated carbocycles. The molecule has 4 rings (SSSR count). The van der Waals surface area contributed by atoms with E-state index in [-0.39, 0.29) is 12.4 Å². The molecule has 0 amide bonds. The number of imidazole rings is 1. The normalized spacial score (nSPS) is 11.3. The zero-order chi connectivity index (χ0) is 21.6. The van der Waals surface area contributed by atoms with Gasteiger partial charge in [-0.1, -0.05) is 36.4 Å². The highest BCUT2D eigenvalue weighted by atomic mass is 19.1. The molecule has 1 heterocycles. The lowest BCUT2D eigenvalue weighted by Crippen LogP contribution is -2.01. The molecule has 3 aromatic carbocycles. The SMILES string of the molecule is CCOc1cc(C=C(C#N)c2nc3ccccc3[nH]2)ccc1OCc1ccccc1F. The van der Waals surface area contributed by atoms with E-state index in [1.165, 1.54) is 6.07 Å². The van der Waals surface area contributed by atoms with Crippen molar-refractivity contribution in [3.63, 3.8) is 0 Å². The van der Waals surface area contributed by atoms with Crippen LogP contribution in [0.1, 0.15) is 23.9 Å². The summed E-state index contributed by atoms with van der Waals surface area (Å²) in [5.41, 5.74) is 3.29. The number of nitrogens with one attached hydrogen (secondary N) is 1. The molecule has 31 heavy (non-hydrogen) atoms. The Balaban J connectivity index is 1.61. The molecule has 1 aromatic heterocycles. The van der Waals surface area contributed by atoms with Crippen LogP contribution in [0.4, 0.5) is 4.39 Å². The minimum atomic E-state index is -0.315. The van der Waals surface area contributed by atoms with E-state index in [2.05, 4.69) is 16.0 Å². The van der Waals surface area contributed by atoms with Gasteiger partial charge in [0, 0.05) is 5.56 Å². The zero-order valence-corrected chi connectivity index (χ0v) is 16.9. The lowest BCUT2D eigenvalue weighted by Gasteiger charge is -2.13. The maximum absolute atomic E-state index is 13.9. The highest BCUT2D eigenvalue weighted by Crippen LogP contribution is 2.31. The number of benzene rings is 3. The number of halogens is 1. The van der Waals surface area contributed by atoms with Crippen LogP contribution >= 0.6 is 0 Å². The molecule has 0 saturated heterocycles. The summed E-state index contributed by atoms with van der Waals surface area (Å²) in [7, 11) is 0. The van der Waals surface area contributed by atoms with E-state index in [9.17, 15) is 9.65 Å². The van der Waals surface area contributed by atoms with Gasteiger partial charge in [0.25, 0.3) is 0 Å². The molecule has 0 aliphatic rings. The van der Waals surface area contributed by atoms with Crippen molar-refractivity contribution < 1.29 is 13.9 Å². The molecule has 0 atom stereocenters. The molecular weight excluding hydrogens is 393 g/mol. The number of hydrogen-bond donors (Lipinski definition) is 1. The number of nitrogens with zero attached hydrogens (tertiary/aromatic N) is 2. The van der Waals surface area contributed by atoms with Gasteiger partial charge >= 0.3 is 0 Å². The third kappa shape index (κ3) is 4.57. The summed E-state index contributed by atoms with van der Waals surface area (Å²) in [6.45, 7) is 2.40. The zero-order valence-electron chi connectivity index (χ0n) is 16.9.